The summed E-state index contributed by atoms with van der Waals surface area (Å²) < 4.78 is 16.5. The molecule has 2 saturated carbocycles. The fourth-order valence-corrected chi connectivity index (χ4v) is 10.8. The van der Waals surface area contributed by atoms with E-state index in [4.69, 9.17) is 14.2 Å². The number of ether oxygens (including phenoxy) is 3. The van der Waals surface area contributed by atoms with Crippen molar-refractivity contribution in [2.45, 2.75) is 155 Å². The number of benzene rings is 2. The molecule has 4 aliphatic rings. The minimum Gasteiger partial charge on any atom is -0.506 e. The number of imide groups is 1. The second-order valence-corrected chi connectivity index (χ2v) is 19.4. The van der Waals surface area contributed by atoms with E-state index in [9.17, 15) is 24.3 Å². The van der Waals surface area contributed by atoms with E-state index in [0.29, 0.717) is 25.0 Å². The molecule has 10 heteroatoms. The van der Waals surface area contributed by atoms with Crippen LogP contribution in [-0.4, -0.2) is 40.4 Å². The molecule has 0 bridgehead atoms. The van der Waals surface area contributed by atoms with Gasteiger partial charge in [-0.2, -0.15) is 0 Å². The molecule has 0 heterocycles. The molecule has 6 atom stereocenters. The summed E-state index contributed by atoms with van der Waals surface area (Å²) in [5.74, 6) is -0.129. The van der Waals surface area contributed by atoms with Gasteiger partial charge in [-0.15, -0.1) is 0 Å². The van der Waals surface area contributed by atoms with Crippen molar-refractivity contribution in [3.63, 3.8) is 0 Å². The van der Waals surface area contributed by atoms with Crippen LogP contribution < -0.4 is 15.4 Å². The Balaban J connectivity index is 1.23. The van der Waals surface area contributed by atoms with Gasteiger partial charge < -0.3 is 19.3 Å². The third-order valence-electron chi connectivity index (χ3n) is 13.3. The first kappa shape index (κ1) is 39.6. The Kier molecular flexibility index (Phi) is 9.97. The lowest BCUT2D eigenvalue weighted by Crippen LogP contribution is -2.60. The second kappa shape index (κ2) is 13.6. The molecule has 4 unspecified atom stereocenters. The lowest BCUT2D eigenvalue weighted by molar-refractivity contribution is -0.150. The summed E-state index contributed by atoms with van der Waals surface area (Å²) in [5, 5.41) is 16.6. The van der Waals surface area contributed by atoms with Crippen molar-refractivity contribution in [1.82, 2.24) is 5.32 Å². The van der Waals surface area contributed by atoms with E-state index in [-0.39, 0.29) is 40.5 Å². The average molecular weight is 745 g/mol. The van der Waals surface area contributed by atoms with Crippen LogP contribution in [0.2, 0.25) is 0 Å². The lowest BCUT2D eigenvalue weighted by atomic mass is 9.49. The van der Waals surface area contributed by atoms with Gasteiger partial charge in [-0.3, -0.25) is 20.2 Å². The first-order valence-electron chi connectivity index (χ1n) is 19.8. The van der Waals surface area contributed by atoms with E-state index in [0.717, 1.165) is 61.6 Å². The number of hydrogen-bond acceptors (Lipinski definition) is 8. The summed E-state index contributed by atoms with van der Waals surface area (Å²) in [5.41, 5.74) is 0.841. The zero-order valence-corrected chi connectivity index (χ0v) is 33.9. The Labute approximate surface area is 320 Å². The maximum atomic E-state index is 14.6. The number of rotatable bonds is 4. The van der Waals surface area contributed by atoms with Crippen molar-refractivity contribution in [2.75, 3.05) is 5.32 Å². The Morgan fingerprint density at radius 2 is 1.22 bits per heavy atom. The number of phenols is 1. The van der Waals surface area contributed by atoms with Crippen molar-refractivity contribution < 1.29 is 38.5 Å². The smallest absolute Gasteiger partial charge is 0.506 e. The summed E-state index contributed by atoms with van der Waals surface area (Å²) in [7, 11) is 0. The van der Waals surface area contributed by atoms with Crippen molar-refractivity contribution in [3.05, 3.63) is 52.6 Å². The highest BCUT2D eigenvalue weighted by atomic mass is 16.7. The summed E-state index contributed by atoms with van der Waals surface area (Å²) in [6, 6.07) is 9.36. The fraction of sp³-hybridized carbons (Fsp3) is 0.636. The fourth-order valence-electron chi connectivity index (χ4n) is 10.8. The van der Waals surface area contributed by atoms with Gasteiger partial charge in [-0.25, -0.2) is 9.59 Å². The Bertz CT molecular complexity index is 1860. The molecule has 4 aliphatic carbocycles. The molecule has 54 heavy (non-hydrogen) atoms. The van der Waals surface area contributed by atoms with Crippen LogP contribution in [0.15, 0.2) is 30.3 Å². The highest BCUT2D eigenvalue weighted by Crippen LogP contribution is 2.60. The Hall–Kier alpha value is -4.08. The standard InChI is InChI=1S/C44H60N2O8/c1-39(2,3)53-37(50)45-31-25-30-27(23-32(31)47)15-18-34-42(30,8)20-12-22-44(34,10)36(49)46-35(48)43(9)21-11-19-41(7)29-24-28(52-38(51)54-40(4,5)6)16-13-26(29)14-17-33(41)43/h13,16,23-25,33-34,47H,11-12,14-15,17-22H2,1-10H3,(H,45,50)(H,46,48,49)/t33?,34?,41?,42?,43-,44-/m0/s1. The molecule has 294 valence electrons. The molecule has 0 radical (unpaired) electrons. The summed E-state index contributed by atoms with van der Waals surface area (Å²) >= 11 is 0. The maximum absolute atomic E-state index is 14.6. The predicted octanol–water partition coefficient (Wildman–Crippen LogP) is 9.42. The number of aromatic hydroxyl groups is 1. The number of hydrogen-bond donors (Lipinski definition) is 3. The summed E-state index contributed by atoms with van der Waals surface area (Å²) in [6.07, 6.45) is 6.29. The topological polar surface area (TPSA) is 140 Å². The Morgan fingerprint density at radius 1 is 0.704 bits per heavy atom. The summed E-state index contributed by atoms with van der Waals surface area (Å²) in [4.78, 5) is 54.4. The lowest BCUT2D eigenvalue weighted by Gasteiger charge is -2.56. The highest BCUT2D eigenvalue weighted by molar-refractivity contribution is 6.01. The molecule has 0 aromatic heterocycles. The van der Waals surface area contributed by atoms with Crippen LogP contribution in [0.1, 0.15) is 143 Å². The van der Waals surface area contributed by atoms with Gasteiger partial charge >= 0.3 is 12.2 Å². The van der Waals surface area contributed by atoms with Gasteiger partial charge in [-0.1, -0.05) is 46.6 Å². The number of anilines is 1. The van der Waals surface area contributed by atoms with Crippen molar-refractivity contribution in [1.29, 1.82) is 0 Å². The van der Waals surface area contributed by atoms with Gasteiger partial charge in [0, 0.05) is 0 Å². The SMILES string of the molecule is CC(C)(C)OC(=O)Nc1cc2c(cc1O)CCC1C2(C)CCC[C@]1(C)C(=O)NC(=O)[C@@]1(C)CCCC2(C)c3cc(OC(=O)OC(C)(C)C)ccc3CCC21. The van der Waals surface area contributed by atoms with Gasteiger partial charge in [0.15, 0.2) is 0 Å². The number of carbonyl (C=O) groups excluding carboxylic acids is 4. The molecule has 2 aromatic carbocycles. The van der Waals surface area contributed by atoms with Crippen LogP contribution in [0, 0.1) is 22.7 Å². The molecular formula is C44H60N2O8. The van der Waals surface area contributed by atoms with E-state index < -0.39 is 39.7 Å². The monoisotopic (exact) mass is 744 g/mol. The second-order valence-electron chi connectivity index (χ2n) is 19.4. The molecule has 0 spiro atoms. The molecule has 0 saturated heterocycles. The third kappa shape index (κ3) is 7.22. The molecule has 10 nitrogen and oxygen atoms in total. The highest BCUT2D eigenvalue weighted by Gasteiger charge is 2.58. The zero-order chi connectivity index (χ0) is 39.6. The molecule has 6 rings (SSSR count). The van der Waals surface area contributed by atoms with Crippen molar-refractivity contribution in [3.8, 4) is 11.5 Å². The van der Waals surface area contributed by atoms with Crippen LogP contribution in [0.5, 0.6) is 11.5 Å². The van der Waals surface area contributed by atoms with Crippen LogP contribution in [0.3, 0.4) is 0 Å². The number of aryl methyl sites for hydroxylation is 2. The van der Waals surface area contributed by atoms with Crippen LogP contribution in [-0.2, 0) is 42.7 Å². The molecular weight excluding hydrogens is 684 g/mol. The number of nitrogens with one attached hydrogen (secondary N) is 2. The van der Waals surface area contributed by atoms with Crippen molar-refractivity contribution >= 4 is 29.8 Å². The van der Waals surface area contributed by atoms with Crippen LogP contribution >= 0.6 is 0 Å². The molecule has 2 fully saturated rings. The van der Waals surface area contributed by atoms with Gasteiger partial charge in [0.25, 0.3) is 0 Å². The van der Waals surface area contributed by atoms with Gasteiger partial charge in [0.05, 0.1) is 16.5 Å². The third-order valence-corrected chi connectivity index (χ3v) is 13.3. The number of phenolic OH excluding ortho intramolecular Hbond substituents is 1. The van der Waals surface area contributed by atoms with E-state index in [1.807, 2.05) is 38.1 Å². The molecule has 0 aliphatic heterocycles. The normalized spacial score (nSPS) is 30.3. The van der Waals surface area contributed by atoms with E-state index in [2.05, 4.69) is 24.5 Å². The van der Waals surface area contributed by atoms with Crippen molar-refractivity contribution in [2.24, 2.45) is 22.7 Å². The van der Waals surface area contributed by atoms with E-state index in [1.54, 1.807) is 47.6 Å². The molecule has 3 amide bonds. The summed E-state index contributed by atoms with van der Waals surface area (Å²) in [6.45, 7) is 19.2. The number of carbonyl (C=O) groups is 4. The largest absolute Gasteiger partial charge is 0.514 e. The maximum Gasteiger partial charge on any atom is 0.514 e. The van der Waals surface area contributed by atoms with E-state index >= 15 is 0 Å². The van der Waals surface area contributed by atoms with Crippen LogP contribution in [0.4, 0.5) is 15.3 Å². The van der Waals surface area contributed by atoms with Gasteiger partial charge in [-0.05, 0) is 162 Å². The van der Waals surface area contributed by atoms with Gasteiger partial charge in [0.1, 0.15) is 22.7 Å². The molecule has 2 aromatic rings. The minimum absolute atomic E-state index is 0.0200. The average Bonchev–Trinajstić information content (AvgIpc) is 3.03. The Morgan fingerprint density at radius 3 is 1.76 bits per heavy atom. The first-order chi connectivity index (χ1) is 25.0. The van der Waals surface area contributed by atoms with E-state index in [1.165, 1.54) is 5.56 Å². The molecule has 3 N–H and O–H groups in total. The minimum atomic E-state index is -0.807. The number of amides is 3. The van der Waals surface area contributed by atoms with Crippen LogP contribution in [0.25, 0.3) is 0 Å². The van der Waals surface area contributed by atoms with Gasteiger partial charge in [0.2, 0.25) is 11.8 Å². The quantitative estimate of drug-likeness (QED) is 0.122. The predicted molar refractivity (Wildman–Crippen MR) is 207 cm³/mol. The zero-order valence-electron chi connectivity index (χ0n) is 33.9. The first-order valence-corrected chi connectivity index (χ1v) is 19.8. The number of fused-ring (bicyclic) bond motifs is 6.